The number of anilines is 2. The zero-order chi connectivity index (χ0) is 17.1. The summed E-state index contributed by atoms with van der Waals surface area (Å²) in [6.07, 6.45) is 3.52. The molecule has 0 radical (unpaired) electrons. The zero-order valence-corrected chi connectivity index (χ0v) is 14.4. The van der Waals surface area contributed by atoms with E-state index in [1.54, 1.807) is 12.4 Å². The summed E-state index contributed by atoms with van der Waals surface area (Å²) in [5.41, 5.74) is 4.11. The summed E-state index contributed by atoms with van der Waals surface area (Å²) in [6, 6.07) is 19.5. The number of aromatic nitrogens is 2. The van der Waals surface area contributed by atoms with Crippen molar-refractivity contribution in [2.45, 2.75) is 19.4 Å². The molecule has 0 bridgehead atoms. The van der Waals surface area contributed by atoms with Gasteiger partial charge in [0.1, 0.15) is 0 Å². The lowest BCUT2D eigenvalue weighted by Gasteiger charge is -2.36. The van der Waals surface area contributed by atoms with Crippen molar-refractivity contribution in [3.63, 3.8) is 0 Å². The second-order valence-corrected chi connectivity index (χ2v) is 6.30. The smallest absolute Gasteiger partial charge is 0.172 e. The molecular weight excluding hydrogens is 308 g/mol. The van der Waals surface area contributed by atoms with Gasteiger partial charge in [-0.25, -0.2) is 9.97 Å². The summed E-state index contributed by atoms with van der Waals surface area (Å²) in [4.78, 5) is 11.4. The third kappa shape index (κ3) is 3.07. The monoisotopic (exact) mass is 330 g/mol. The maximum absolute atomic E-state index is 4.62. The Morgan fingerprint density at radius 1 is 1.00 bits per heavy atom. The molecule has 4 rings (SSSR count). The summed E-state index contributed by atoms with van der Waals surface area (Å²) in [5.74, 6) is 2.12. The fraction of sp³-hybridized carbons (Fsp3) is 0.238. The lowest BCUT2D eigenvalue weighted by molar-refractivity contribution is 0.657. The predicted octanol–water partition coefficient (Wildman–Crippen LogP) is 4.06. The van der Waals surface area contributed by atoms with Crippen LogP contribution in [-0.2, 0) is 6.54 Å². The second kappa shape index (κ2) is 6.93. The van der Waals surface area contributed by atoms with Gasteiger partial charge in [-0.1, -0.05) is 54.6 Å². The second-order valence-electron chi connectivity index (χ2n) is 6.30. The highest BCUT2D eigenvalue weighted by atomic mass is 15.2. The summed E-state index contributed by atoms with van der Waals surface area (Å²) in [7, 11) is 0. The standard InChI is InChI=1S/C21H22N4/c1-2-22-20-21(24-13-12-23-20)25-14-17-10-6-7-11-18(17)19(15-25)16-8-4-3-5-9-16/h3-13,19H,2,14-15H2,1H3,(H,22,23). The van der Waals surface area contributed by atoms with Crippen molar-refractivity contribution in [3.8, 4) is 0 Å². The molecule has 1 aromatic heterocycles. The van der Waals surface area contributed by atoms with Gasteiger partial charge >= 0.3 is 0 Å². The van der Waals surface area contributed by atoms with Crippen molar-refractivity contribution in [2.24, 2.45) is 0 Å². The van der Waals surface area contributed by atoms with Gasteiger partial charge < -0.3 is 10.2 Å². The third-order valence-corrected chi connectivity index (χ3v) is 4.72. The van der Waals surface area contributed by atoms with E-state index in [1.165, 1.54) is 16.7 Å². The summed E-state index contributed by atoms with van der Waals surface area (Å²) in [6.45, 7) is 4.67. The van der Waals surface area contributed by atoms with Crippen LogP contribution in [0.15, 0.2) is 67.0 Å². The maximum Gasteiger partial charge on any atom is 0.172 e. The highest BCUT2D eigenvalue weighted by Crippen LogP contribution is 2.36. The SMILES string of the molecule is CCNc1nccnc1N1Cc2ccccc2C(c2ccccc2)C1. The Balaban J connectivity index is 1.76. The normalized spacial score (nSPS) is 16.4. The molecule has 4 nitrogen and oxygen atoms in total. The van der Waals surface area contributed by atoms with Crippen LogP contribution >= 0.6 is 0 Å². The molecule has 2 aromatic carbocycles. The van der Waals surface area contributed by atoms with E-state index in [2.05, 4.69) is 81.7 Å². The first-order chi connectivity index (χ1) is 12.4. The lowest BCUT2D eigenvalue weighted by atomic mass is 9.84. The molecule has 0 spiro atoms. The molecular formula is C21H22N4. The van der Waals surface area contributed by atoms with Crippen LogP contribution in [0.2, 0.25) is 0 Å². The van der Waals surface area contributed by atoms with Gasteiger partial charge in [0.25, 0.3) is 0 Å². The molecule has 0 saturated carbocycles. The van der Waals surface area contributed by atoms with Crippen LogP contribution in [-0.4, -0.2) is 23.1 Å². The molecule has 0 fully saturated rings. The van der Waals surface area contributed by atoms with Crippen LogP contribution in [0, 0.1) is 0 Å². The lowest BCUT2D eigenvalue weighted by Crippen LogP contribution is -2.35. The van der Waals surface area contributed by atoms with E-state index in [-0.39, 0.29) is 0 Å². The zero-order valence-electron chi connectivity index (χ0n) is 14.4. The molecule has 3 aromatic rings. The highest BCUT2D eigenvalue weighted by molar-refractivity contribution is 5.62. The molecule has 1 atom stereocenters. The minimum atomic E-state index is 0.336. The Morgan fingerprint density at radius 2 is 1.76 bits per heavy atom. The fourth-order valence-corrected chi connectivity index (χ4v) is 3.59. The molecule has 126 valence electrons. The summed E-state index contributed by atoms with van der Waals surface area (Å²) in [5, 5.41) is 3.34. The van der Waals surface area contributed by atoms with Crippen LogP contribution in [0.3, 0.4) is 0 Å². The van der Waals surface area contributed by atoms with Crippen LogP contribution in [0.25, 0.3) is 0 Å². The molecule has 1 N–H and O–H groups in total. The number of rotatable bonds is 4. The average molecular weight is 330 g/mol. The topological polar surface area (TPSA) is 41.1 Å². The minimum Gasteiger partial charge on any atom is -0.367 e. The van der Waals surface area contributed by atoms with E-state index < -0.39 is 0 Å². The minimum absolute atomic E-state index is 0.336. The van der Waals surface area contributed by atoms with Gasteiger partial charge in [-0.15, -0.1) is 0 Å². The molecule has 1 aliphatic rings. The van der Waals surface area contributed by atoms with E-state index >= 15 is 0 Å². The van der Waals surface area contributed by atoms with Crippen LogP contribution in [0.5, 0.6) is 0 Å². The van der Waals surface area contributed by atoms with Crippen molar-refractivity contribution in [2.75, 3.05) is 23.3 Å². The van der Waals surface area contributed by atoms with Crippen molar-refractivity contribution >= 4 is 11.6 Å². The van der Waals surface area contributed by atoms with Crippen molar-refractivity contribution in [3.05, 3.63) is 83.7 Å². The van der Waals surface area contributed by atoms with E-state index in [1.807, 2.05) is 0 Å². The van der Waals surface area contributed by atoms with Gasteiger partial charge in [0, 0.05) is 37.9 Å². The molecule has 0 amide bonds. The Kier molecular flexibility index (Phi) is 4.34. The Morgan fingerprint density at radius 3 is 2.60 bits per heavy atom. The number of nitrogens with one attached hydrogen (secondary N) is 1. The van der Waals surface area contributed by atoms with E-state index in [9.17, 15) is 0 Å². The first kappa shape index (κ1) is 15.6. The number of hydrogen-bond donors (Lipinski definition) is 1. The van der Waals surface area contributed by atoms with E-state index in [4.69, 9.17) is 0 Å². The third-order valence-electron chi connectivity index (χ3n) is 4.72. The summed E-state index contributed by atoms with van der Waals surface area (Å²) >= 11 is 0. The number of nitrogens with zero attached hydrogens (tertiary/aromatic N) is 3. The van der Waals surface area contributed by atoms with Gasteiger partial charge in [-0.3, -0.25) is 0 Å². The molecule has 0 aliphatic carbocycles. The van der Waals surface area contributed by atoms with Crippen LogP contribution in [0.1, 0.15) is 29.5 Å². The Hall–Kier alpha value is -2.88. The maximum atomic E-state index is 4.62. The molecule has 4 heteroatoms. The summed E-state index contributed by atoms with van der Waals surface area (Å²) < 4.78 is 0. The van der Waals surface area contributed by atoms with Crippen molar-refractivity contribution < 1.29 is 0 Å². The number of hydrogen-bond acceptors (Lipinski definition) is 4. The van der Waals surface area contributed by atoms with Crippen molar-refractivity contribution in [1.82, 2.24) is 9.97 Å². The van der Waals surface area contributed by atoms with Gasteiger partial charge in [0.2, 0.25) is 0 Å². The molecule has 1 aliphatic heterocycles. The quantitative estimate of drug-likeness (QED) is 0.783. The number of benzene rings is 2. The van der Waals surface area contributed by atoms with Crippen LogP contribution < -0.4 is 10.2 Å². The van der Waals surface area contributed by atoms with Crippen molar-refractivity contribution in [1.29, 1.82) is 0 Å². The fourth-order valence-electron chi connectivity index (χ4n) is 3.59. The first-order valence-electron chi connectivity index (χ1n) is 8.79. The van der Waals surface area contributed by atoms with Gasteiger partial charge in [0.15, 0.2) is 11.6 Å². The average Bonchev–Trinajstić information content (AvgIpc) is 2.68. The molecule has 25 heavy (non-hydrogen) atoms. The van der Waals surface area contributed by atoms with Crippen LogP contribution in [0.4, 0.5) is 11.6 Å². The van der Waals surface area contributed by atoms with Gasteiger partial charge in [-0.2, -0.15) is 0 Å². The predicted molar refractivity (Wildman–Crippen MR) is 102 cm³/mol. The Bertz CT molecular complexity index is 847. The van der Waals surface area contributed by atoms with Gasteiger partial charge in [0.05, 0.1) is 0 Å². The highest BCUT2D eigenvalue weighted by Gasteiger charge is 2.28. The largest absolute Gasteiger partial charge is 0.367 e. The number of fused-ring (bicyclic) bond motifs is 1. The Labute approximate surface area is 148 Å². The molecule has 0 saturated heterocycles. The van der Waals surface area contributed by atoms with E-state index in [0.717, 1.165) is 31.3 Å². The molecule has 1 unspecified atom stereocenters. The van der Waals surface area contributed by atoms with Gasteiger partial charge in [-0.05, 0) is 23.6 Å². The molecule has 2 heterocycles. The van der Waals surface area contributed by atoms with E-state index in [0.29, 0.717) is 5.92 Å². The first-order valence-corrected chi connectivity index (χ1v) is 8.79.